The predicted molar refractivity (Wildman–Crippen MR) is 105 cm³/mol. The van der Waals surface area contributed by atoms with Gasteiger partial charge in [-0.05, 0) is 51.1 Å². The number of rotatable bonds is 6. The van der Waals surface area contributed by atoms with E-state index in [-0.39, 0.29) is 17.0 Å². The first-order chi connectivity index (χ1) is 13.7. The number of carbonyl (C=O) groups excluding carboxylic acids is 3. The van der Waals surface area contributed by atoms with Crippen molar-refractivity contribution in [3.8, 4) is 5.69 Å². The Balaban J connectivity index is 1.97. The van der Waals surface area contributed by atoms with E-state index in [1.807, 2.05) is 5.32 Å². The summed E-state index contributed by atoms with van der Waals surface area (Å²) in [5.41, 5.74) is 1.55. The molecular formula is C19H20ClFN4O4. The SMILES string of the molecule is Cc1nn(-c2ccc(F)cc2)c(Cl)c1/C=C/C(=O)OCC(=O)NC(=O)NC(C)C. The maximum atomic E-state index is 13.1. The molecule has 2 rings (SSSR count). The number of aromatic nitrogens is 2. The zero-order valence-corrected chi connectivity index (χ0v) is 16.8. The summed E-state index contributed by atoms with van der Waals surface area (Å²) in [5, 5.41) is 8.99. The Labute approximate surface area is 171 Å². The lowest BCUT2D eigenvalue weighted by Gasteiger charge is -2.08. The van der Waals surface area contributed by atoms with Gasteiger partial charge in [0.2, 0.25) is 0 Å². The Hall–Kier alpha value is -3.20. The third kappa shape index (κ3) is 6.42. The van der Waals surface area contributed by atoms with Crippen molar-refractivity contribution in [2.24, 2.45) is 0 Å². The van der Waals surface area contributed by atoms with E-state index in [2.05, 4.69) is 10.4 Å². The maximum absolute atomic E-state index is 13.1. The number of aryl methyl sites for hydroxylation is 1. The summed E-state index contributed by atoms with van der Waals surface area (Å²) in [6, 6.07) is 4.78. The van der Waals surface area contributed by atoms with E-state index in [0.717, 1.165) is 6.08 Å². The molecule has 10 heteroatoms. The molecule has 0 saturated heterocycles. The highest BCUT2D eigenvalue weighted by molar-refractivity contribution is 6.31. The Morgan fingerprint density at radius 1 is 1.28 bits per heavy atom. The summed E-state index contributed by atoms with van der Waals surface area (Å²) >= 11 is 6.31. The monoisotopic (exact) mass is 422 g/mol. The van der Waals surface area contributed by atoms with Gasteiger partial charge in [0.15, 0.2) is 6.61 Å². The number of nitrogens with one attached hydrogen (secondary N) is 2. The average Bonchev–Trinajstić information content (AvgIpc) is 2.92. The molecule has 0 spiro atoms. The first kappa shape index (κ1) is 22.1. The lowest BCUT2D eigenvalue weighted by Crippen LogP contribution is -2.43. The number of nitrogens with zero attached hydrogens (tertiary/aromatic N) is 2. The molecular weight excluding hydrogens is 403 g/mol. The highest BCUT2D eigenvalue weighted by Crippen LogP contribution is 2.24. The number of esters is 1. The summed E-state index contributed by atoms with van der Waals surface area (Å²) < 4.78 is 19.3. The summed E-state index contributed by atoms with van der Waals surface area (Å²) in [5.74, 6) is -1.94. The van der Waals surface area contributed by atoms with Gasteiger partial charge >= 0.3 is 12.0 Å². The van der Waals surface area contributed by atoms with E-state index >= 15 is 0 Å². The van der Waals surface area contributed by atoms with Gasteiger partial charge in [0, 0.05) is 17.7 Å². The van der Waals surface area contributed by atoms with Crippen molar-refractivity contribution in [3.05, 3.63) is 52.6 Å². The van der Waals surface area contributed by atoms with Crippen molar-refractivity contribution < 1.29 is 23.5 Å². The Morgan fingerprint density at radius 2 is 1.93 bits per heavy atom. The molecule has 3 amide bonds. The van der Waals surface area contributed by atoms with Crippen LogP contribution in [0.4, 0.5) is 9.18 Å². The molecule has 154 valence electrons. The van der Waals surface area contributed by atoms with Crippen LogP contribution in [0.2, 0.25) is 5.15 Å². The zero-order chi connectivity index (χ0) is 21.6. The van der Waals surface area contributed by atoms with E-state index in [1.165, 1.54) is 35.0 Å². The van der Waals surface area contributed by atoms with Gasteiger partial charge in [0.05, 0.1) is 11.4 Å². The van der Waals surface area contributed by atoms with Crippen molar-refractivity contribution in [1.82, 2.24) is 20.4 Å². The molecule has 2 N–H and O–H groups in total. The van der Waals surface area contributed by atoms with E-state index in [9.17, 15) is 18.8 Å². The minimum Gasteiger partial charge on any atom is -0.452 e. The molecule has 0 aliphatic rings. The van der Waals surface area contributed by atoms with Crippen molar-refractivity contribution in [1.29, 1.82) is 0 Å². The highest BCUT2D eigenvalue weighted by Gasteiger charge is 2.14. The Bertz CT molecular complexity index is 938. The lowest BCUT2D eigenvalue weighted by atomic mass is 10.2. The summed E-state index contributed by atoms with van der Waals surface area (Å²) in [6.45, 7) is 4.55. The fourth-order valence-corrected chi connectivity index (χ4v) is 2.59. The van der Waals surface area contributed by atoms with Gasteiger partial charge in [-0.2, -0.15) is 5.10 Å². The van der Waals surface area contributed by atoms with Gasteiger partial charge in [-0.25, -0.2) is 18.7 Å². The molecule has 1 aromatic carbocycles. The Morgan fingerprint density at radius 3 is 2.55 bits per heavy atom. The van der Waals surface area contributed by atoms with Crippen molar-refractivity contribution in [2.75, 3.05) is 6.61 Å². The molecule has 29 heavy (non-hydrogen) atoms. The van der Waals surface area contributed by atoms with E-state index in [4.69, 9.17) is 16.3 Å². The van der Waals surface area contributed by atoms with Gasteiger partial charge in [-0.1, -0.05) is 11.6 Å². The third-order valence-electron chi connectivity index (χ3n) is 3.52. The molecule has 1 heterocycles. The van der Waals surface area contributed by atoms with Crippen LogP contribution in [0.25, 0.3) is 11.8 Å². The summed E-state index contributed by atoms with van der Waals surface area (Å²) in [6.07, 6.45) is 2.49. The molecule has 0 aliphatic heterocycles. The predicted octanol–water partition coefficient (Wildman–Crippen LogP) is 2.76. The quantitative estimate of drug-likeness (QED) is 0.550. The highest BCUT2D eigenvalue weighted by atomic mass is 35.5. The first-order valence-electron chi connectivity index (χ1n) is 8.63. The number of amides is 3. The largest absolute Gasteiger partial charge is 0.452 e. The first-order valence-corrected chi connectivity index (χ1v) is 9.01. The molecule has 8 nitrogen and oxygen atoms in total. The molecule has 0 bridgehead atoms. The minimum atomic E-state index is -0.797. The van der Waals surface area contributed by atoms with Crippen molar-refractivity contribution >= 4 is 35.6 Å². The fraction of sp³-hybridized carbons (Fsp3) is 0.263. The molecule has 0 unspecified atom stereocenters. The average molecular weight is 423 g/mol. The molecule has 0 aliphatic carbocycles. The van der Waals surface area contributed by atoms with Crippen LogP contribution in [0.5, 0.6) is 0 Å². The number of halogens is 2. The molecule has 2 aromatic rings. The van der Waals surface area contributed by atoms with Crippen LogP contribution in [-0.4, -0.2) is 40.3 Å². The molecule has 0 radical (unpaired) electrons. The number of carbonyl (C=O) groups is 3. The summed E-state index contributed by atoms with van der Waals surface area (Å²) in [4.78, 5) is 34.8. The summed E-state index contributed by atoms with van der Waals surface area (Å²) in [7, 11) is 0. The van der Waals surface area contributed by atoms with E-state index in [0.29, 0.717) is 16.9 Å². The number of hydrogen-bond donors (Lipinski definition) is 2. The van der Waals surface area contributed by atoms with Gasteiger partial charge in [0.1, 0.15) is 11.0 Å². The minimum absolute atomic E-state index is 0.142. The molecule has 0 atom stereocenters. The number of hydrogen-bond acceptors (Lipinski definition) is 5. The second-order valence-electron chi connectivity index (χ2n) is 6.30. The second-order valence-corrected chi connectivity index (χ2v) is 6.65. The van der Waals surface area contributed by atoms with Gasteiger partial charge in [0.25, 0.3) is 5.91 Å². The number of urea groups is 1. The Kier molecular flexibility index (Phi) is 7.49. The fourth-order valence-electron chi connectivity index (χ4n) is 2.25. The lowest BCUT2D eigenvalue weighted by molar-refractivity contribution is -0.143. The third-order valence-corrected chi connectivity index (χ3v) is 3.89. The molecule has 0 saturated carbocycles. The van der Waals surface area contributed by atoms with Gasteiger partial charge in [-0.15, -0.1) is 0 Å². The van der Waals surface area contributed by atoms with Crippen molar-refractivity contribution in [3.63, 3.8) is 0 Å². The molecule has 0 fully saturated rings. The zero-order valence-electron chi connectivity index (χ0n) is 16.0. The van der Waals surface area contributed by atoms with Crippen LogP contribution < -0.4 is 10.6 Å². The van der Waals surface area contributed by atoms with E-state index in [1.54, 1.807) is 20.8 Å². The normalized spacial score (nSPS) is 11.0. The molecule has 1 aromatic heterocycles. The number of imide groups is 1. The van der Waals surface area contributed by atoms with Crippen LogP contribution in [0.1, 0.15) is 25.1 Å². The van der Waals surface area contributed by atoms with Crippen LogP contribution >= 0.6 is 11.6 Å². The van der Waals surface area contributed by atoms with Gasteiger partial charge in [-0.3, -0.25) is 10.1 Å². The number of ether oxygens (including phenoxy) is 1. The van der Waals surface area contributed by atoms with E-state index < -0.39 is 24.5 Å². The van der Waals surface area contributed by atoms with Crippen LogP contribution in [0, 0.1) is 12.7 Å². The van der Waals surface area contributed by atoms with Crippen LogP contribution in [-0.2, 0) is 14.3 Å². The standard InChI is InChI=1S/C19H20ClFN4O4/c1-11(2)22-19(28)23-16(26)10-29-17(27)9-8-15-12(3)24-25(18(15)20)14-6-4-13(21)5-7-14/h4-9,11H,10H2,1-3H3,(H2,22,23,26,28)/b9-8+. The smallest absolute Gasteiger partial charge is 0.331 e. The van der Waals surface area contributed by atoms with Crippen molar-refractivity contribution in [2.45, 2.75) is 26.8 Å². The van der Waals surface area contributed by atoms with Crippen LogP contribution in [0.3, 0.4) is 0 Å². The number of benzene rings is 1. The second kappa shape index (κ2) is 9.83. The maximum Gasteiger partial charge on any atom is 0.331 e. The van der Waals surface area contributed by atoms with Gasteiger partial charge < -0.3 is 10.1 Å². The topological polar surface area (TPSA) is 102 Å². The van der Waals surface area contributed by atoms with Crippen LogP contribution in [0.15, 0.2) is 30.3 Å².